The van der Waals surface area contributed by atoms with Gasteiger partial charge in [-0.05, 0) is 30.7 Å². The van der Waals surface area contributed by atoms with Crippen molar-refractivity contribution in [2.24, 2.45) is 0 Å². The zero-order chi connectivity index (χ0) is 12.0. The van der Waals surface area contributed by atoms with Gasteiger partial charge in [0.1, 0.15) is 0 Å². The van der Waals surface area contributed by atoms with Gasteiger partial charge in [0.05, 0.1) is 0 Å². The predicted octanol–water partition coefficient (Wildman–Crippen LogP) is 2.19. The van der Waals surface area contributed by atoms with Gasteiger partial charge >= 0.3 is 0 Å². The Morgan fingerprint density at radius 3 is 2.75 bits per heavy atom. The second-order valence-electron chi connectivity index (χ2n) is 4.24. The Hall–Kier alpha value is -1.35. The molecular formula is C13H20N2O. The van der Waals surface area contributed by atoms with Crippen molar-refractivity contribution in [1.82, 2.24) is 5.32 Å². The maximum Gasteiger partial charge on any atom is 0.221 e. The van der Waals surface area contributed by atoms with Gasteiger partial charge in [0.25, 0.3) is 0 Å². The predicted molar refractivity (Wildman–Crippen MR) is 67.6 cm³/mol. The van der Waals surface area contributed by atoms with Crippen LogP contribution in [0, 0.1) is 0 Å². The highest BCUT2D eigenvalue weighted by molar-refractivity contribution is 5.88. The normalized spacial score (nSPS) is 10.5. The fraction of sp³-hybridized carbons (Fsp3) is 0.462. The Morgan fingerprint density at radius 1 is 1.38 bits per heavy atom. The van der Waals surface area contributed by atoms with Crippen LogP contribution >= 0.6 is 0 Å². The molecular weight excluding hydrogens is 200 g/mol. The van der Waals surface area contributed by atoms with Gasteiger partial charge in [-0.25, -0.2) is 0 Å². The molecule has 0 heterocycles. The Labute approximate surface area is 97.2 Å². The minimum atomic E-state index is -0.0301. The van der Waals surface area contributed by atoms with Crippen molar-refractivity contribution in [2.75, 3.05) is 11.9 Å². The largest absolute Gasteiger partial charge is 0.326 e. The first kappa shape index (κ1) is 12.7. The molecule has 0 atom stereocenters. The molecule has 0 saturated carbocycles. The Bertz CT molecular complexity index is 348. The van der Waals surface area contributed by atoms with Gasteiger partial charge in [-0.3, -0.25) is 4.79 Å². The minimum Gasteiger partial charge on any atom is -0.326 e. The molecule has 0 aliphatic carbocycles. The second kappa shape index (κ2) is 6.28. The highest BCUT2D eigenvalue weighted by atomic mass is 16.1. The molecule has 1 amide bonds. The van der Waals surface area contributed by atoms with E-state index in [0.717, 1.165) is 18.7 Å². The van der Waals surface area contributed by atoms with Crippen molar-refractivity contribution in [1.29, 1.82) is 0 Å². The third-order valence-electron chi connectivity index (χ3n) is 2.21. The maximum atomic E-state index is 10.9. The zero-order valence-electron chi connectivity index (χ0n) is 10.2. The van der Waals surface area contributed by atoms with Crippen molar-refractivity contribution in [2.45, 2.75) is 33.2 Å². The van der Waals surface area contributed by atoms with Crippen LogP contribution in [0.4, 0.5) is 5.69 Å². The SMILES string of the molecule is CC(=O)Nc1cccc(CCNC(C)C)c1. The van der Waals surface area contributed by atoms with Crippen LogP contribution in [0.2, 0.25) is 0 Å². The standard InChI is InChI=1S/C13H20N2O/c1-10(2)14-8-7-12-5-4-6-13(9-12)15-11(3)16/h4-6,9-10,14H,7-8H2,1-3H3,(H,15,16). The summed E-state index contributed by atoms with van der Waals surface area (Å²) in [5.41, 5.74) is 2.11. The van der Waals surface area contributed by atoms with Gasteiger partial charge in [0.15, 0.2) is 0 Å². The number of carbonyl (C=O) groups is 1. The summed E-state index contributed by atoms with van der Waals surface area (Å²) >= 11 is 0. The number of hydrogen-bond donors (Lipinski definition) is 2. The average Bonchev–Trinajstić information content (AvgIpc) is 2.16. The van der Waals surface area contributed by atoms with E-state index in [9.17, 15) is 4.79 Å². The van der Waals surface area contributed by atoms with Crippen molar-refractivity contribution < 1.29 is 4.79 Å². The molecule has 0 fully saturated rings. The number of nitrogens with one attached hydrogen (secondary N) is 2. The second-order valence-corrected chi connectivity index (χ2v) is 4.24. The van der Waals surface area contributed by atoms with E-state index in [2.05, 4.69) is 30.5 Å². The Kier molecular flexibility index (Phi) is 4.99. The topological polar surface area (TPSA) is 41.1 Å². The van der Waals surface area contributed by atoms with Gasteiger partial charge in [0.2, 0.25) is 5.91 Å². The molecule has 1 rings (SSSR count). The summed E-state index contributed by atoms with van der Waals surface area (Å²) in [6.07, 6.45) is 0.978. The molecule has 0 aliphatic rings. The van der Waals surface area contributed by atoms with Crippen LogP contribution in [0.1, 0.15) is 26.3 Å². The van der Waals surface area contributed by atoms with Crippen molar-refractivity contribution in [3.8, 4) is 0 Å². The molecule has 3 nitrogen and oxygen atoms in total. The molecule has 0 spiro atoms. The highest BCUT2D eigenvalue weighted by Crippen LogP contribution is 2.10. The fourth-order valence-electron chi connectivity index (χ4n) is 1.51. The monoisotopic (exact) mass is 220 g/mol. The van der Waals surface area contributed by atoms with Crippen molar-refractivity contribution in [3.63, 3.8) is 0 Å². The smallest absolute Gasteiger partial charge is 0.221 e. The van der Waals surface area contributed by atoms with Crippen LogP contribution in [-0.2, 0) is 11.2 Å². The van der Waals surface area contributed by atoms with E-state index in [4.69, 9.17) is 0 Å². The number of hydrogen-bond acceptors (Lipinski definition) is 2. The zero-order valence-corrected chi connectivity index (χ0v) is 10.2. The quantitative estimate of drug-likeness (QED) is 0.798. The van der Waals surface area contributed by atoms with Crippen molar-refractivity contribution in [3.05, 3.63) is 29.8 Å². The van der Waals surface area contributed by atoms with Gasteiger partial charge in [-0.15, -0.1) is 0 Å². The van der Waals surface area contributed by atoms with Gasteiger partial charge < -0.3 is 10.6 Å². The Balaban J connectivity index is 2.50. The van der Waals surface area contributed by atoms with Crippen LogP contribution in [0.3, 0.4) is 0 Å². The van der Waals surface area contributed by atoms with Gasteiger partial charge in [-0.2, -0.15) is 0 Å². The number of benzene rings is 1. The lowest BCUT2D eigenvalue weighted by molar-refractivity contribution is -0.114. The van der Waals surface area contributed by atoms with E-state index >= 15 is 0 Å². The molecule has 0 unspecified atom stereocenters. The summed E-state index contributed by atoms with van der Waals surface area (Å²) in [5, 5.41) is 6.15. The molecule has 1 aromatic carbocycles. The fourth-order valence-corrected chi connectivity index (χ4v) is 1.51. The lowest BCUT2D eigenvalue weighted by Gasteiger charge is -2.09. The lowest BCUT2D eigenvalue weighted by Crippen LogP contribution is -2.24. The van der Waals surface area contributed by atoms with Crippen LogP contribution in [0.15, 0.2) is 24.3 Å². The van der Waals surface area contributed by atoms with Crippen LogP contribution in [0.5, 0.6) is 0 Å². The van der Waals surface area contributed by atoms with Crippen LogP contribution < -0.4 is 10.6 Å². The molecule has 2 N–H and O–H groups in total. The summed E-state index contributed by atoms with van der Waals surface area (Å²) in [4.78, 5) is 10.9. The Morgan fingerprint density at radius 2 is 2.12 bits per heavy atom. The average molecular weight is 220 g/mol. The summed E-state index contributed by atoms with van der Waals surface area (Å²) < 4.78 is 0. The summed E-state index contributed by atoms with van der Waals surface area (Å²) in [6, 6.07) is 8.48. The third kappa shape index (κ3) is 4.94. The molecule has 0 aliphatic heterocycles. The highest BCUT2D eigenvalue weighted by Gasteiger charge is 1.98. The molecule has 0 bridgehead atoms. The van der Waals surface area contributed by atoms with E-state index in [1.807, 2.05) is 18.2 Å². The summed E-state index contributed by atoms with van der Waals surface area (Å²) in [5.74, 6) is -0.0301. The van der Waals surface area contributed by atoms with E-state index in [0.29, 0.717) is 6.04 Å². The first-order valence-corrected chi connectivity index (χ1v) is 5.68. The molecule has 1 aromatic rings. The number of carbonyl (C=O) groups excluding carboxylic acids is 1. The summed E-state index contributed by atoms with van der Waals surface area (Å²) in [7, 11) is 0. The van der Waals surface area contributed by atoms with E-state index in [-0.39, 0.29) is 5.91 Å². The molecule has 0 aromatic heterocycles. The summed E-state index contributed by atoms with van der Waals surface area (Å²) in [6.45, 7) is 6.75. The lowest BCUT2D eigenvalue weighted by atomic mass is 10.1. The molecule has 88 valence electrons. The molecule has 0 saturated heterocycles. The first-order valence-electron chi connectivity index (χ1n) is 5.68. The van der Waals surface area contributed by atoms with Gasteiger partial charge in [0, 0.05) is 18.7 Å². The molecule has 3 heteroatoms. The minimum absolute atomic E-state index is 0.0301. The van der Waals surface area contributed by atoms with Crippen LogP contribution in [-0.4, -0.2) is 18.5 Å². The number of anilines is 1. The third-order valence-corrected chi connectivity index (χ3v) is 2.21. The number of amides is 1. The maximum absolute atomic E-state index is 10.9. The van der Waals surface area contributed by atoms with E-state index < -0.39 is 0 Å². The van der Waals surface area contributed by atoms with Crippen LogP contribution in [0.25, 0.3) is 0 Å². The van der Waals surface area contributed by atoms with Gasteiger partial charge in [-0.1, -0.05) is 26.0 Å². The molecule has 0 radical (unpaired) electrons. The molecule has 16 heavy (non-hydrogen) atoms. The first-order chi connectivity index (χ1) is 7.58. The number of rotatable bonds is 5. The van der Waals surface area contributed by atoms with Crippen molar-refractivity contribution >= 4 is 11.6 Å². The van der Waals surface area contributed by atoms with E-state index in [1.165, 1.54) is 12.5 Å². The van der Waals surface area contributed by atoms with E-state index in [1.54, 1.807) is 0 Å².